The van der Waals surface area contributed by atoms with Gasteiger partial charge >= 0.3 is 0 Å². The van der Waals surface area contributed by atoms with E-state index in [1.165, 1.54) is 25.3 Å². The predicted molar refractivity (Wildman–Crippen MR) is 69.5 cm³/mol. The van der Waals surface area contributed by atoms with Crippen LogP contribution in [0.5, 0.6) is 5.75 Å². The molecule has 0 spiro atoms. The smallest absolute Gasteiger partial charge is 0.255 e. The van der Waals surface area contributed by atoms with Crippen molar-refractivity contribution in [1.82, 2.24) is 5.32 Å². The van der Waals surface area contributed by atoms with E-state index < -0.39 is 31.3 Å². The summed E-state index contributed by atoms with van der Waals surface area (Å²) < 4.78 is 5.03. The van der Waals surface area contributed by atoms with Gasteiger partial charge in [0.1, 0.15) is 11.3 Å². The minimum absolute atomic E-state index is 0.187. The highest BCUT2D eigenvalue weighted by atomic mass is 35.5. The lowest BCUT2D eigenvalue weighted by atomic mass is 10.0. The third kappa shape index (κ3) is 3.57. The number of carbonyl (C=O) groups excluding carboxylic acids is 1. The third-order valence-corrected chi connectivity index (χ3v) is 2.93. The lowest BCUT2D eigenvalue weighted by Crippen LogP contribution is -2.57. The molecule has 0 aliphatic carbocycles. The van der Waals surface area contributed by atoms with Crippen LogP contribution in [0, 0.1) is 0 Å². The van der Waals surface area contributed by atoms with Crippen molar-refractivity contribution in [3.8, 4) is 5.75 Å². The monoisotopic (exact) mass is 289 g/mol. The maximum Gasteiger partial charge on any atom is 0.255 e. The minimum Gasteiger partial charge on any atom is -0.496 e. The number of benzene rings is 1. The van der Waals surface area contributed by atoms with Crippen molar-refractivity contribution in [2.75, 3.05) is 26.9 Å². The molecule has 6 nitrogen and oxygen atoms in total. The van der Waals surface area contributed by atoms with Gasteiger partial charge in [0.25, 0.3) is 5.91 Å². The third-order valence-electron chi connectivity index (χ3n) is 2.69. The summed E-state index contributed by atoms with van der Waals surface area (Å²) in [6.07, 6.45) is 0. The largest absolute Gasteiger partial charge is 0.496 e. The Morgan fingerprint density at radius 1 is 1.32 bits per heavy atom. The molecule has 7 heteroatoms. The number of ether oxygens (including phenoxy) is 1. The Kier molecular flexibility index (Phi) is 5.56. The molecule has 1 aromatic carbocycles. The Bertz CT molecular complexity index is 439. The van der Waals surface area contributed by atoms with Crippen molar-refractivity contribution in [3.05, 3.63) is 28.8 Å². The van der Waals surface area contributed by atoms with E-state index in [4.69, 9.17) is 31.7 Å². The number of hydrogen-bond donors (Lipinski definition) is 4. The first-order valence-electron chi connectivity index (χ1n) is 5.50. The van der Waals surface area contributed by atoms with Crippen molar-refractivity contribution in [1.29, 1.82) is 0 Å². The molecule has 0 radical (unpaired) electrons. The molecular weight excluding hydrogens is 274 g/mol. The van der Waals surface area contributed by atoms with Crippen molar-refractivity contribution in [2.24, 2.45) is 0 Å². The van der Waals surface area contributed by atoms with Gasteiger partial charge in [-0.15, -0.1) is 0 Å². The summed E-state index contributed by atoms with van der Waals surface area (Å²) in [7, 11) is 1.39. The summed E-state index contributed by atoms with van der Waals surface area (Å²) in [4.78, 5) is 12.1. The van der Waals surface area contributed by atoms with E-state index in [0.717, 1.165) is 0 Å². The van der Waals surface area contributed by atoms with Crippen molar-refractivity contribution >= 4 is 17.5 Å². The number of aliphatic hydroxyl groups excluding tert-OH is 3. The second kappa shape index (κ2) is 6.72. The molecule has 0 bridgehead atoms. The molecule has 0 heterocycles. The summed E-state index contributed by atoms with van der Waals surface area (Å²) >= 11 is 5.78. The number of amides is 1. The summed E-state index contributed by atoms with van der Waals surface area (Å²) in [5.41, 5.74) is -1.30. The SMILES string of the molecule is COc1cc(Cl)ccc1C(=O)NC(CO)(CO)CO. The van der Waals surface area contributed by atoms with Gasteiger partial charge in [-0.25, -0.2) is 0 Å². The molecule has 0 aromatic heterocycles. The van der Waals surface area contributed by atoms with Crippen LogP contribution in [-0.4, -0.2) is 53.7 Å². The highest BCUT2D eigenvalue weighted by Crippen LogP contribution is 2.23. The van der Waals surface area contributed by atoms with Crippen LogP contribution in [0.1, 0.15) is 10.4 Å². The maximum atomic E-state index is 12.1. The van der Waals surface area contributed by atoms with Gasteiger partial charge in [-0.3, -0.25) is 4.79 Å². The van der Waals surface area contributed by atoms with Crippen LogP contribution in [0.2, 0.25) is 5.02 Å². The van der Waals surface area contributed by atoms with E-state index in [-0.39, 0.29) is 11.3 Å². The molecule has 1 amide bonds. The van der Waals surface area contributed by atoms with Gasteiger partial charge < -0.3 is 25.4 Å². The van der Waals surface area contributed by atoms with Crippen molar-refractivity contribution < 1.29 is 24.9 Å². The molecule has 1 aromatic rings. The first-order chi connectivity index (χ1) is 9.01. The van der Waals surface area contributed by atoms with E-state index in [1.807, 2.05) is 0 Å². The van der Waals surface area contributed by atoms with E-state index in [9.17, 15) is 4.79 Å². The normalized spacial score (nSPS) is 11.2. The van der Waals surface area contributed by atoms with E-state index in [0.29, 0.717) is 5.02 Å². The zero-order valence-corrected chi connectivity index (χ0v) is 11.1. The number of halogens is 1. The minimum atomic E-state index is -1.48. The molecule has 0 aliphatic rings. The summed E-state index contributed by atoms with van der Waals surface area (Å²) in [6.45, 7) is -1.79. The molecule has 106 valence electrons. The van der Waals surface area contributed by atoms with Crippen LogP contribution in [0.4, 0.5) is 0 Å². The standard InChI is InChI=1S/C12H16ClNO5/c1-19-10-4-8(13)2-3-9(10)11(18)14-12(5-15,6-16)7-17/h2-4,15-17H,5-7H2,1H3,(H,14,18). The van der Waals surface area contributed by atoms with Gasteiger partial charge in [0.05, 0.1) is 32.5 Å². The molecule has 0 saturated heterocycles. The molecule has 1 rings (SSSR count). The number of nitrogens with one attached hydrogen (secondary N) is 1. The number of methoxy groups -OCH3 is 1. The molecule has 0 atom stereocenters. The highest BCUT2D eigenvalue weighted by molar-refractivity contribution is 6.30. The number of hydrogen-bond acceptors (Lipinski definition) is 5. The second-order valence-corrected chi connectivity index (χ2v) is 4.49. The Hall–Kier alpha value is -1.34. The van der Waals surface area contributed by atoms with Gasteiger partial charge in [0.2, 0.25) is 0 Å². The van der Waals surface area contributed by atoms with E-state index in [2.05, 4.69) is 5.32 Å². The second-order valence-electron chi connectivity index (χ2n) is 4.05. The van der Waals surface area contributed by atoms with Crippen LogP contribution in [0.3, 0.4) is 0 Å². The predicted octanol–water partition coefficient (Wildman–Crippen LogP) is -0.206. The number of aliphatic hydroxyl groups is 3. The first-order valence-corrected chi connectivity index (χ1v) is 5.88. The van der Waals surface area contributed by atoms with Gasteiger partial charge in [0, 0.05) is 5.02 Å². The first kappa shape index (κ1) is 15.7. The van der Waals surface area contributed by atoms with Gasteiger partial charge in [-0.05, 0) is 18.2 Å². The van der Waals surface area contributed by atoms with Crippen LogP contribution in [-0.2, 0) is 0 Å². The quantitative estimate of drug-likeness (QED) is 0.581. The summed E-state index contributed by atoms with van der Waals surface area (Å²) in [6, 6.07) is 4.43. The van der Waals surface area contributed by atoms with E-state index in [1.54, 1.807) is 0 Å². The van der Waals surface area contributed by atoms with Crippen LogP contribution in [0.15, 0.2) is 18.2 Å². The average molecular weight is 290 g/mol. The molecule has 19 heavy (non-hydrogen) atoms. The van der Waals surface area contributed by atoms with E-state index >= 15 is 0 Å². The zero-order valence-electron chi connectivity index (χ0n) is 10.4. The van der Waals surface area contributed by atoms with Gasteiger partial charge in [0.15, 0.2) is 0 Å². The Balaban J connectivity index is 3.01. The molecule has 4 N–H and O–H groups in total. The maximum absolute atomic E-state index is 12.1. The van der Waals surface area contributed by atoms with Crippen LogP contribution >= 0.6 is 11.6 Å². The molecule has 0 fully saturated rings. The summed E-state index contributed by atoms with van der Waals surface area (Å²) in [5.74, 6) is -0.335. The lowest BCUT2D eigenvalue weighted by Gasteiger charge is -2.28. The number of carbonyl (C=O) groups is 1. The van der Waals surface area contributed by atoms with Crippen LogP contribution in [0.25, 0.3) is 0 Å². The van der Waals surface area contributed by atoms with Gasteiger partial charge in [-0.1, -0.05) is 11.6 Å². The molecule has 0 unspecified atom stereocenters. The zero-order chi connectivity index (χ0) is 14.5. The number of rotatable bonds is 6. The Morgan fingerprint density at radius 2 is 1.89 bits per heavy atom. The average Bonchev–Trinajstić information content (AvgIpc) is 2.44. The summed E-state index contributed by atoms with van der Waals surface area (Å²) in [5, 5.41) is 30.3. The van der Waals surface area contributed by atoms with Gasteiger partial charge in [-0.2, -0.15) is 0 Å². The molecule has 0 aliphatic heterocycles. The topological polar surface area (TPSA) is 99.0 Å². The Labute approximate surface area is 115 Å². The van der Waals surface area contributed by atoms with Crippen LogP contribution < -0.4 is 10.1 Å². The lowest BCUT2D eigenvalue weighted by molar-refractivity contribution is 0.0374. The fourth-order valence-electron chi connectivity index (χ4n) is 1.43. The fourth-order valence-corrected chi connectivity index (χ4v) is 1.59. The Morgan fingerprint density at radius 3 is 2.37 bits per heavy atom. The highest BCUT2D eigenvalue weighted by Gasteiger charge is 2.31. The fraction of sp³-hybridized carbons (Fsp3) is 0.417. The van der Waals surface area contributed by atoms with Crippen molar-refractivity contribution in [2.45, 2.75) is 5.54 Å². The molecular formula is C12H16ClNO5. The molecule has 0 saturated carbocycles. The van der Waals surface area contributed by atoms with Crippen molar-refractivity contribution in [3.63, 3.8) is 0 Å².